The van der Waals surface area contributed by atoms with Gasteiger partial charge in [0.25, 0.3) is 0 Å². The second-order valence-electron chi connectivity index (χ2n) is 9.12. The fourth-order valence-electron chi connectivity index (χ4n) is 3.52. The number of carbonyl (C=O) groups excluding carboxylic acids is 2. The summed E-state index contributed by atoms with van der Waals surface area (Å²) < 4.78 is 30.1. The van der Waals surface area contributed by atoms with Crippen LogP contribution in [0.25, 0.3) is 0 Å². The largest absolute Gasteiger partial charge is 0.464 e. The highest BCUT2D eigenvalue weighted by atomic mass is 31.2. The number of benzene rings is 1. The lowest BCUT2D eigenvalue weighted by molar-refractivity contribution is -0.148. The number of esters is 1. The number of nitrogens with one attached hydrogen (secondary N) is 1. The highest BCUT2D eigenvalue weighted by Gasteiger charge is 2.46. The Kier molecular flexibility index (Phi) is 7.02. The molecule has 2 aliphatic rings. The number of para-hydroxylation sites is 1. The van der Waals surface area contributed by atoms with Crippen LogP contribution in [0.4, 0.5) is 0 Å². The fourth-order valence-corrected chi connectivity index (χ4v) is 5.02. The lowest BCUT2D eigenvalue weighted by Gasteiger charge is -2.27. The summed E-state index contributed by atoms with van der Waals surface area (Å²) in [7, 11) is -3.95. The maximum Gasteiger partial charge on any atom is 0.459 e. The third kappa shape index (κ3) is 5.91. The Morgan fingerprint density at radius 1 is 1.30 bits per heavy atom. The molecule has 0 spiro atoms. The van der Waals surface area contributed by atoms with E-state index in [4.69, 9.17) is 13.8 Å². The molecule has 1 aromatic rings. The first-order valence-electron chi connectivity index (χ1n) is 10.3. The van der Waals surface area contributed by atoms with E-state index in [2.05, 4.69) is 5.09 Å². The lowest BCUT2D eigenvalue weighted by atomic mass is 9.99. The molecule has 3 rings (SSSR count). The Hall–Kier alpha value is -1.73. The molecule has 2 saturated heterocycles. The number of nitrogens with zero attached hydrogens (tertiary/aromatic N) is 1. The second kappa shape index (κ2) is 9.18. The van der Waals surface area contributed by atoms with Crippen molar-refractivity contribution in [3.05, 3.63) is 30.3 Å². The Labute approximate surface area is 177 Å². The van der Waals surface area contributed by atoms with Crippen molar-refractivity contribution in [3.63, 3.8) is 0 Å². The number of hydrogen-bond acceptors (Lipinski definition) is 7. The van der Waals surface area contributed by atoms with Gasteiger partial charge in [-0.1, -0.05) is 39.0 Å². The number of rotatable bonds is 9. The van der Waals surface area contributed by atoms with Gasteiger partial charge in [-0.15, -0.1) is 0 Å². The molecule has 8 nitrogen and oxygen atoms in total. The molecule has 5 atom stereocenters. The Morgan fingerprint density at radius 3 is 2.60 bits per heavy atom. The van der Waals surface area contributed by atoms with Gasteiger partial charge in [0.05, 0.1) is 19.3 Å². The van der Waals surface area contributed by atoms with Crippen molar-refractivity contribution in [1.82, 2.24) is 9.99 Å². The van der Waals surface area contributed by atoms with E-state index in [0.29, 0.717) is 5.75 Å². The summed E-state index contributed by atoms with van der Waals surface area (Å²) in [5, 5.41) is 2.67. The third-order valence-electron chi connectivity index (χ3n) is 5.12. The van der Waals surface area contributed by atoms with E-state index < -0.39 is 25.8 Å². The van der Waals surface area contributed by atoms with Crippen LogP contribution in [0.15, 0.2) is 30.3 Å². The minimum absolute atomic E-state index is 0.0345. The zero-order chi connectivity index (χ0) is 21.9. The summed E-state index contributed by atoms with van der Waals surface area (Å²) in [4.78, 5) is 26.8. The van der Waals surface area contributed by atoms with Crippen LogP contribution in [0, 0.1) is 11.3 Å². The van der Waals surface area contributed by atoms with E-state index in [1.165, 1.54) is 0 Å². The van der Waals surface area contributed by atoms with Gasteiger partial charge in [0.1, 0.15) is 11.8 Å². The number of hydrogen-bond donors (Lipinski definition) is 1. The van der Waals surface area contributed by atoms with Gasteiger partial charge in [-0.2, -0.15) is 5.09 Å². The maximum atomic E-state index is 13.5. The quantitative estimate of drug-likeness (QED) is 0.465. The van der Waals surface area contributed by atoms with Gasteiger partial charge in [-0.25, -0.2) is 4.57 Å². The summed E-state index contributed by atoms with van der Waals surface area (Å²) in [6.45, 7) is 9.12. The predicted molar refractivity (Wildman–Crippen MR) is 112 cm³/mol. The molecule has 0 aliphatic carbocycles. The first kappa shape index (κ1) is 22.9. The van der Waals surface area contributed by atoms with E-state index in [9.17, 15) is 14.2 Å². The van der Waals surface area contributed by atoms with Gasteiger partial charge in [0, 0.05) is 12.5 Å². The van der Waals surface area contributed by atoms with Crippen molar-refractivity contribution in [2.75, 3.05) is 26.3 Å². The average molecular weight is 438 g/mol. The first-order valence-corrected chi connectivity index (χ1v) is 11.8. The molecule has 1 aromatic carbocycles. The standard InChI is InChI=1S/C21H31N2O6P/c1-15(20(25)27-14-21(2,3)4)22-30(26,29-17-8-6-5-7-9-17)28-13-18-19(24)16-10-11-23(18)12-16/h5-9,15-16,18H,10-14H2,1-4H3,(H,22,26)/t15-,16+,18?,30?/m0/s1. The van der Waals surface area contributed by atoms with Gasteiger partial charge < -0.3 is 9.26 Å². The Bertz CT molecular complexity index is 809. The Morgan fingerprint density at radius 2 is 2.00 bits per heavy atom. The molecule has 0 saturated carbocycles. The molecule has 0 radical (unpaired) electrons. The molecular weight excluding hydrogens is 407 g/mol. The molecule has 2 heterocycles. The highest BCUT2D eigenvalue weighted by Crippen LogP contribution is 2.46. The lowest BCUT2D eigenvalue weighted by Crippen LogP contribution is -2.41. The van der Waals surface area contributed by atoms with Crippen LogP contribution < -0.4 is 9.61 Å². The molecule has 0 amide bonds. The molecule has 166 valence electrons. The van der Waals surface area contributed by atoms with Gasteiger partial charge in [0.15, 0.2) is 5.78 Å². The van der Waals surface area contributed by atoms with Crippen molar-refractivity contribution in [2.24, 2.45) is 11.3 Å². The fraction of sp³-hybridized carbons (Fsp3) is 0.619. The maximum absolute atomic E-state index is 13.5. The van der Waals surface area contributed by atoms with Gasteiger partial charge in [-0.05, 0) is 37.4 Å². The minimum Gasteiger partial charge on any atom is -0.464 e. The highest BCUT2D eigenvalue weighted by molar-refractivity contribution is 7.52. The van der Waals surface area contributed by atoms with E-state index in [1.807, 2.05) is 25.7 Å². The number of carbonyl (C=O) groups is 2. The second-order valence-corrected chi connectivity index (χ2v) is 10.8. The molecule has 0 aromatic heterocycles. The van der Waals surface area contributed by atoms with E-state index in [0.717, 1.165) is 19.5 Å². The summed E-state index contributed by atoms with van der Waals surface area (Å²) in [5.74, 6) is -0.0641. The zero-order valence-corrected chi connectivity index (χ0v) is 18.9. The predicted octanol–water partition coefficient (Wildman–Crippen LogP) is 3.03. The molecule has 9 heteroatoms. The van der Waals surface area contributed by atoms with Crippen molar-refractivity contribution < 1.29 is 27.9 Å². The first-order chi connectivity index (χ1) is 14.1. The van der Waals surface area contributed by atoms with Crippen LogP contribution in [-0.2, 0) is 23.4 Å². The third-order valence-corrected chi connectivity index (χ3v) is 6.76. The van der Waals surface area contributed by atoms with Crippen LogP contribution in [0.5, 0.6) is 5.75 Å². The Balaban J connectivity index is 1.67. The monoisotopic (exact) mass is 438 g/mol. The summed E-state index contributed by atoms with van der Waals surface area (Å²) >= 11 is 0. The molecule has 30 heavy (non-hydrogen) atoms. The molecular formula is C21H31N2O6P. The zero-order valence-electron chi connectivity index (χ0n) is 18.0. The SMILES string of the molecule is C[C@H](NP(=O)(OCC1C(=O)[C@@H]2CCN1C2)Oc1ccccc1)C(=O)OCC(C)(C)C. The van der Waals surface area contributed by atoms with Crippen LogP contribution in [-0.4, -0.2) is 55.0 Å². The van der Waals surface area contributed by atoms with Crippen LogP contribution >= 0.6 is 7.75 Å². The van der Waals surface area contributed by atoms with Crippen molar-refractivity contribution >= 4 is 19.5 Å². The van der Waals surface area contributed by atoms with Crippen molar-refractivity contribution in [2.45, 2.75) is 46.2 Å². The number of ketones is 1. The smallest absolute Gasteiger partial charge is 0.459 e. The van der Waals surface area contributed by atoms with Crippen molar-refractivity contribution in [3.8, 4) is 5.75 Å². The van der Waals surface area contributed by atoms with Crippen molar-refractivity contribution in [1.29, 1.82) is 0 Å². The molecule has 2 fully saturated rings. The van der Waals surface area contributed by atoms with E-state index in [1.54, 1.807) is 37.3 Å². The van der Waals surface area contributed by atoms with E-state index >= 15 is 0 Å². The van der Waals surface area contributed by atoms with Crippen LogP contribution in [0.1, 0.15) is 34.1 Å². The topological polar surface area (TPSA) is 94.2 Å². The summed E-state index contributed by atoms with van der Waals surface area (Å²) in [5.41, 5.74) is -0.188. The molecule has 2 aliphatic heterocycles. The number of piperidine rings is 1. The average Bonchev–Trinajstić information content (AvgIpc) is 3.26. The normalized spacial score (nSPS) is 26.3. The minimum atomic E-state index is -3.95. The van der Waals surface area contributed by atoms with E-state index in [-0.39, 0.29) is 30.3 Å². The van der Waals surface area contributed by atoms with Crippen LogP contribution in [0.2, 0.25) is 0 Å². The number of Topliss-reactive ketones (excluding diaryl/α,β-unsaturated/α-hetero) is 1. The van der Waals surface area contributed by atoms with Gasteiger partial charge in [0.2, 0.25) is 0 Å². The summed E-state index contributed by atoms with van der Waals surface area (Å²) in [6, 6.07) is 7.23. The van der Waals surface area contributed by atoms with Gasteiger partial charge >= 0.3 is 13.7 Å². The number of ether oxygens (including phenoxy) is 1. The molecule has 2 bridgehead atoms. The molecule has 3 unspecified atom stereocenters. The molecule has 1 N–H and O–H groups in total. The van der Waals surface area contributed by atoms with Crippen LogP contribution in [0.3, 0.4) is 0 Å². The van der Waals surface area contributed by atoms with Gasteiger partial charge in [-0.3, -0.25) is 19.0 Å². The summed E-state index contributed by atoms with van der Waals surface area (Å²) in [6.07, 6.45) is 0.864. The number of fused-ring (bicyclic) bond motifs is 2.